The lowest BCUT2D eigenvalue weighted by molar-refractivity contribution is -0.512. The highest BCUT2D eigenvalue weighted by Crippen LogP contribution is 2.47. The van der Waals surface area contributed by atoms with Crippen molar-refractivity contribution in [3.63, 3.8) is 0 Å². The molecule has 7 heteroatoms. The summed E-state index contributed by atoms with van der Waals surface area (Å²) in [4.78, 5) is 41.5. The van der Waals surface area contributed by atoms with E-state index in [9.17, 15) is 9.59 Å². The van der Waals surface area contributed by atoms with Gasteiger partial charge in [0.25, 0.3) is 0 Å². The van der Waals surface area contributed by atoms with Crippen LogP contribution in [0.3, 0.4) is 0 Å². The van der Waals surface area contributed by atoms with Crippen LogP contribution in [0.25, 0.3) is 0 Å². The first-order valence-electron chi connectivity index (χ1n) is 11.4. The lowest BCUT2D eigenvalue weighted by Crippen LogP contribution is -2.59. The second-order valence-corrected chi connectivity index (χ2v) is 10.4. The molecule has 0 N–H and O–H groups in total. The van der Waals surface area contributed by atoms with E-state index in [0.717, 1.165) is 13.0 Å². The van der Waals surface area contributed by atoms with Crippen LogP contribution >= 0.6 is 0 Å². The van der Waals surface area contributed by atoms with E-state index in [1.54, 1.807) is 4.90 Å². The summed E-state index contributed by atoms with van der Waals surface area (Å²) < 4.78 is 6.03. The van der Waals surface area contributed by atoms with E-state index in [1.807, 2.05) is 37.8 Å². The molecular weight excluding hydrogens is 396 g/mol. The zero-order valence-corrected chi connectivity index (χ0v) is 18.7. The van der Waals surface area contributed by atoms with Gasteiger partial charge in [0.1, 0.15) is 5.60 Å². The second kappa shape index (κ2) is 7.29. The third-order valence-electron chi connectivity index (χ3n) is 7.47. The molecule has 4 aliphatic rings. The molecule has 5 rings (SSSR count). The molecule has 1 aliphatic carbocycles. The predicted molar refractivity (Wildman–Crippen MR) is 113 cm³/mol. The van der Waals surface area contributed by atoms with Crippen molar-refractivity contribution in [2.75, 3.05) is 26.2 Å². The second-order valence-electron chi connectivity index (χ2n) is 10.4. The highest BCUT2D eigenvalue weighted by Gasteiger charge is 2.52. The zero-order valence-electron chi connectivity index (χ0n) is 18.7. The molecule has 1 saturated carbocycles. The Morgan fingerprint density at radius 1 is 1.06 bits per heavy atom. The molecule has 0 aromatic heterocycles. The van der Waals surface area contributed by atoms with E-state index >= 15 is 0 Å². The van der Waals surface area contributed by atoms with Gasteiger partial charge < -0.3 is 14.5 Å². The standard InChI is InChI=1S/C24H32N2O5/c1-22(2)16-29-24(31-30-22)11-9-23(3,10-12-24)21(28)25-14-19-18-7-5-4-6-17(18)8-13-26(19)20(27)15-25/h4-7,19H,8-16H2,1-3H3. The Kier molecular flexibility index (Phi) is 4.92. The van der Waals surface area contributed by atoms with Crippen molar-refractivity contribution in [3.05, 3.63) is 35.4 Å². The van der Waals surface area contributed by atoms with Crippen molar-refractivity contribution in [2.24, 2.45) is 5.41 Å². The normalized spacial score (nSPS) is 34.9. The summed E-state index contributed by atoms with van der Waals surface area (Å²) in [5.74, 6) is -0.647. The van der Waals surface area contributed by atoms with Gasteiger partial charge in [-0.15, -0.1) is 0 Å². The molecule has 2 saturated heterocycles. The van der Waals surface area contributed by atoms with Crippen molar-refractivity contribution in [1.29, 1.82) is 0 Å². The largest absolute Gasteiger partial charge is 0.344 e. The maximum Gasteiger partial charge on any atom is 0.242 e. The summed E-state index contributed by atoms with van der Waals surface area (Å²) >= 11 is 0. The molecule has 3 aliphatic heterocycles. The Morgan fingerprint density at radius 2 is 1.81 bits per heavy atom. The number of hydrogen-bond acceptors (Lipinski definition) is 5. The number of fused-ring (bicyclic) bond motifs is 3. The highest BCUT2D eigenvalue weighted by molar-refractivity contribution is 5.89. The van der Waals surface area contributed by atoms with E-state index in [-0.39, 0.29) is 24.4 Å². The van der Waals surface area contributed by atoms with Gasteiger partial charge in [-0.3, -0.25) is 9.59 Å². The van der Waals surface area contributed by atoms with Gasteiger partial charge in [-0.05, 0) is 44.2 Å². The molecular formula is C24H32N2O5. The van der Waals surface area contributed by atoms with Gasteiger partial charge in [0.2, 0.25) is 17.6 Å². The first kappa shape index (κ1) is 20.9. The van der Waals surface area contributed by atoms with E-state index in [0.29, 0.717) is 38.8 Å². The van der Waals surface area contributed by atoms with E-state index in [1.165, 1.54) is 11.1 Å². The van der Waals surface area contributed by atoms with Crippen LogP contribution in [0.2, 0.25) is 0 Å². The minimum atomic E-state index is -0.758. The number of rotatable bonds is 1. The summed E-state index contributed by atoms with van der Waals surface area (Å²) in [6.07, 6.45) is 3.37. The molecule has 3 heterocycles. The average molecular weight is 429 g/mol. The predicted octanol–water partition coefficient (Wildman–Crippen LogP) is 2.99. The van der Waals surface area contributed by atoms with E-state index in [2.05, 4.69) is 12.1 Å². The first-order valence-corrected chi connectivity index (χ1v) is 11.4. The third kappa shape index (κ3) is 3.66. The smallest absolute Gasteiger partial charge is 0.242 e. The number of piperazine rings is 1. The van der Waals surface area contributed by atoms with Crippen LogP contribution in [-0.4, -0.2) is 59.2 Å². The minimum Gasteiger partial charge on any atom is -0.344 e. The SMILES string of the molecule is CC1(C)COC2(CCC(C)(C(=O)N3CC(=O)N4CCc5ccccc5C4C3)CC2)OO1. The summed E-state index contributed by atoms with van der Waals surface area (Å²) in [7, 11) is 0. The fourth-order valence-corrected chi connectivity index (χ4v) is 5.38. The number of amides is 2. The molecule has 1 aromatic carbocycles. The van der Waals surface area contributed by atoms with Gasteiger partial charge in [0, 0.05) is 31.3 Å². The molecule has 1 atom stereocenters. The number of ether oxygens (including phenoxy) is 1. The zero-order chi connectivity index (χ0) is 21.9. The Bertz CT molecular complexity index is 878. The minimum absolute atomic E-state index is 0.0459. The summed E-state index contributed by atoms with van der Waals surface area (Å²) in [6, 6.07) is 8.24. The first-order chi connectivity index (χ1) is 14.7. The van der Waals surface area contributed by atoms with Crippen LogP contribution in [0, 0.1) is 5.41 Å². The maximum atomic E-state index is 13.6. The quantitative estimate of drug-likeness (QED) is 0.644. The van der Waals surface area contributed by atoms with Gasteiger partial charge in [-0.2, -0.15) is 0 Å². The monoisotopic (exact) mass is 428 g/mol. The molecule has 0 bridgehead atoms. The van der Waals surface area contributed by atoms with Crippen LogP contribution in [0.4, 0.5) is 0 Å². The summed E-state index contributed by atoms with van der Waals surface area (Å²) in [5, 5.41) is 0. The fourth-order valence-electron chi connectivity index (χ4n) is 5.38. The Morgan fingerprint density at radius 3 is 2.52 bits per heavy atom. The van der Waals surface area contributed by atoms with Gasteiger partial charge >= 0.3 is 0 Å². The van der Waals surface area contributed by atoms with Crippen molar-refractivity contribution < 1.29 is 24.1 Å². The highest BCUT2D eigenvalue weighted by atomic mass is 17.2. The van der Waals surface area contributed by atoms with E-state index in [4.69, 9.17) is 14.5 Å². The number of hydrogen-bond donors (Lipinski definition) is 0. The number of nitrogens with zero attached hydrogens (tertiary/aromatic N) is 2. The molecule has 7 nitrogen and oxygen atoms in total. The summed E-state index contributed by atoms with van der Waals surface area (Å²) in [5.41, 5.74) is 1.47. The van der Waals surface area contributed by atoms with Gasteiger partial charge in [0.15, 0.2) is 0 Å². The Balaban J connectivity index is 1.29. The Labute approximate surface area is 183 Å². The van der Waals surface area contributed by atoms with Crippen LogP contribution in [0.5, 0.6) is 0 Å². The van der Waals surface area contributed by atoms with Crippen LogP contribution in [0.15, 0.2) is 24.3 Å². The van der Waals surface area contributed by atoms with Crippen LogP contribution in [0.1, 0.15) is 63.6 Å². The van der Waals surface area contributed by atoms with Crippen molar-refractivity contribution in [3.8, 4) is 0 Å². The number of carbonyl (C=O) groups excluding carboxylic acids is 2. The average Bonchev–Trinajstić information content (AvgIpc) is 2.77. The molecule has 0 radical (unpaired) electrons. The molecule has 1 aromatic rings. The van der Waals surface area contributed by atoms with Gasteiger partial charge in [0.05, 0.1) is 19.2 Å². The Hall–Kier alpha value is -1.96. The lowest BCUT2D eigenvalue weighted by atomic mass is 9.72. The van der Waals surface area contributed by atoms with Crippen molar-refractivity contribution in [1.82, 2.24) is 9.80 Å². The topological polar surface area (TPSA) is 68.3 Å². The number of benzene rings is 1. The van der Waals surface area contributed by atoms with Crippen LogP contribution < -0.4 is 0 Å². The van der Waals surface area contributed by atoms with E-state index < -0.39 is 16.8 Å². The maximum absolute atomic E-state index is 13.6. The molecule has 3 fully saturated rings. The van der Waals surface area contributed by atoms with Gasteiger partial charge in [-0.25, -0.2) is 9.78 Å². The number of carbonyl (C=O) groups is 2. The van der Waals surface area contributed by atoms with Gasteiger partial charge in [-0.1, -0.05) is 31.2 Å². The molecule has 1 unspecified atom stereocenters. The third-order valence-corrected chi connectivity index (χ3v) is 7.47. The fraction of sp³-hybridized carbons (Fsp3) is 0.667. The molecule has 1 spiro atoms. The van der Waals surface area contributed by atoms with Crippen molar-refractivity contribution in [2.45, 2.75) is 70.3 Å². The van der Waals surface area contributed by atoms with Crippen molar-refractivity contribution >= 4 is 11.8 Å². The lowest BCUT2D eigenvalue weighted by Gasteiger charge is -2.50. The molecule has 2 amide bonds. The molecule has 168 valence electrons. The molecule has 31 heavy (non-hydrogen) atoms. The van der Waals surface area contributed by atoms with Crippen LogP contribution in [-0.2, 0) is 30.5 Å². The summed E-state index contributed by atoms with van der Waals surface area (Å²) in [6.45, 7) is 7.80.